The number of hydrogen-bond acceptors (Lipinski definition) is 6. The second kappa shape index (κ2) is 8.58. The molecule has 30 heavy (non-hydrogen) atoms. The number of aromatic amines is 1. The fourth-order valence-electron chi connectivity index (χ4n) is 3.40. The molecule has 0 radical (unpaired) electrons. The molecule has 4 aromatic rings. The highest BCUT2D eigenvalue weighted by atomic mass is 32.2. The summed E-state index contributed by atoms with van der Waals surface area (Å²) in [6.45, 7) is 0. The van der Waals surface area contributed by atoms with Crippen LogP contribution in [0.5, 0.6) is 5.75 Å². The molecule has 0 fully saturated rings. The lowest BCUT2D eigenvalue weighted by atomic mass is 10.1. The minimum absolute atomic E-state index is 0.0405. The summed E-state index contributed by atoms with van der Waals surface area (Å²) in [6.07, 6.45) is 5.94. The van der Waals surface area contributed by atoms with E-state index >= 15 is 0 Å². The van der Waals surface area contributed by atoms with Gasteiger partial charge in [-0.05, 0) is 42.7 Å². The van der Waals surface area contributed by atoms with Crippen LogP contribution >= 0.6 is 11.8 Å². The molecule has 0 spiro atoms. The van der Waals surface area contributed by atoms with Crippen LogP contribution in [0.15, 0.2) is 53.6 Å². The van der Waals surface area contributed by atoms with E-state index < -0.39 is 5.91 Å². The molecule has 0 aliphatic carbocycles. The van der Waals surface area contributed by atoms with Crippen LogP contribution in [0.2, 0.25) is 0 Å². The topological polar surface area (TPSA) is 101 Å². The van der Waals surface area contributed by atoms with Gasteiger partial charge in [-0.15, -0.1) is 10.2 Å². The molecule has 3 heterocycles. The minimum Gasteiger partial charge on any atom is -0.495 e. The molecule has 8 nitrogen and oxygen atoms in total. The van der Waals surface area contributed by atoms with E-state index in [1.165, 1.54) is 13.3 Å². The number of carbonyl (C=O) groups excluding carboxylic acids is 1. The molecule has 4 rings (SSSR count). The van der Waals surface area contributed by atoms with Crippen molar-refractivity contribution < 1.29 is 9.53 Å². The van der Waals surface area contributed by atoms with E-state index in [4.69, 9.17) is 4.74 Å². The number of H-pyrrole nitrogens is 1. The van der Waals surface area contributed by atoms with Gasteiger partial charge in [-0.1, -0.05) is 12.1 Å². The molecule has 2 N–H and O–H groups in total. The Bertz CT molecular complexity index is 1270. The van der Waals surface area contributed by atoms with Crippen molar-refractivity contribution in [3.63, 3.8) is 0 Å². The number of benzene rings is 1. The number of methoxy groups -OCH3 is 1. The molecular weight excluding hydrogens is 402 g/mol. The first-order valence-corrected chi connectivity index (χ1v) is 10.8. The van der Waals surface area contributed by atoms with Crippen molar-refractivity contribution in [3.8, 4) is 5.75 Å². The number of aromatic nitrogens is 4. The van der Waals surface area contributed by atoms with Gasteiger partial charge in [0, 0.05) is 12.4 Å². The zero-order chi connectivity index (χ0) is 21.1. The number of pyridine rings is 2. The van der Waals surface area contributed by atoms with E-state index in [-0.39, 0.29) is 17.0 Å². The molecule has 1 aromatic carbocycles. The number of fused-ring (bicyclic) bond motifs is 2. The molecular formula is C21H21N5O3S. The Kier molecular flexibility index (Phi) is 5.71. The monoisotopic (exact) mass is 423 g/mol. The number of carbonyl (C=O) groups is 1. The van der Waals surface area contributed by atoms with Crippen LogP contribution in [-0.4, -0.2) is 44.6 Å². The summed E-state index contributed by atoms with van der Waals surface area (Å²) in [5.74, 6) is 1.54. The van der Waals surface area contributed by atoms with Crippen molar-refractivity contribution in [3.05, 3.63) is 70.4 Å². The summed E-state index contributed by atoms with van der Waals surface area (Å²) in [5.41, 5.74) is 0.948. The Balaban J connectivity index is 1.69. The van der Waals surface area contributed by atoms with Crippen LogP contribution in [0.4, 0.5) is 0 Å². The zero-order valence-electron chi connectivity index (χ0n) is 16.6. The molecule has 3 aromatic heterocycles. The summed E-state index contributed by atoms with van der Waals surface area (Å²) in [5, 5.41) is 11.8. The van der Waals surface area contributed by atoms with Gasteiger partial charge in [-0.25, -0.2) is 0 Å². The van der Waals surface area contributed by atoms with Crippen LogP contribution in [0, 0.1) is 0 Å². The molecule has 154 valence electrons. The van der Waals surface area contributed by atoms with Gasteiger partial charge < -0.3 is 15.0 Å². The van der Waals surface area contributed by atoms with E-state index in [0.29, 0.717) is 34.5 Å². The molecule has 0 unspecified atom stereocenters. The number of para-hydroxylation sites is 1. The molecule has 0 bridgehead atoms. The second-order valence-electron chi connectivity index (χ2n) is 6.71. The molecule has 0 aliphatic heterocycles. The van der Waals surface area contributed by atoms with Gasteiger partial charge in [0.1, 0.15) is 11.3 Å². The Hall–Kier alpha value is -3.33. The average molecular weight is 423 g/mol. The molecule has 1 atom stereocenters. The lowest BCUT2D eigenvalue weighted by Gasteiger charge is -2.17. The van der Waals surface area contributed by atoms with E-state index in [9.17, 15) is 9.59 Å². The first-order valence-electron chi connectivity index (χ1n) is 9.42. The molecule has 0 aliphatic rings. The van der Waals surface area contributed by atoms with Gasteiger partial charge in [-0.3, -0.25) is 14.0 Å². The predicted molar refractivity (Wildman–Crippen MR) is 117 cm³/mol. The fourth-order valence-corrected chi connectivity index (χ4v) is 3.87. The van der Waals surface area contributed by atoms with Crippen molar-refractivity contribution in [2.45, 2.75) is 12.5 Å². The number of thioether (sulfide) groups is 1. The van der Waals surface area contributed by atoms with Crippen LogP contribution in [0.25, 0.3) is 16.6 Å². The Morgan fingerprint density at radius 1 is 1.27 bits per heavy atom. The van der Waals surface area contributed by atoms with Gasteiger partial charge >= 0.3 is 0 Å². The van der Waals surface area contributed by atoms with Crippen molar-refractivity contribution >= 4 is 34.2 Å². The molecule has 1 amide bonds. The highest BCUT2D eigenvalue weighted by Crippen LogP contribution is 2.22. The van der Waals surface area contributed by atoms with Crippen molar-refractivity contribution in [2.24, 2.45) is 0 Å². The van der Waals surface area contributed by atoms with Gasteiger partial charge in [-0.2, -0.15) is 11.8 Å². The first-order chi connectivity index (χ1) is 14.6. The number of nitrogens with one attached hydrogen (secondary N) is 2. The molecule has 0 saturated heterocycles. The van der Waals surface area contributed by atoms with Crippen LogP contribution in [0.3, 0.4) is 0 Å². The third kappa shape index (κ3) is 3.63. The summed E-state index contributed by atoms with van der Waals surface area (Å²) < 4.78 is 7.14. The third-order valence-electron chi connectivity index (χ3n) is 4.91. The van der Waals surface area contributed by atoms with Gasteiger partial charge in [0.2, 0.25) is 5.43 Å². The largest absolute Gasteiger partial charge is 0.495 e. The van der Waals surface area contributed by atoms with E-state index in [0.717, 1.165) is 5.75 Å². The Morgan fingerprint density at radius 3 is 2.93 bits per heavy atom. The van der Waals surface area contributed by atoms with Gasteiger partial charge in [0.05, 0.1) is 24.1 Å². The number of hydrogen-bond donors (Lipinski definition) is 2. The first kappa shape index (κ1) is 20.0. The van der Waals surface area contributed by atoms with Crippen LogP contribution in [0.1, 0.15) is 28.6 Å². The fraction of sp³-hybridized carbons (Fsp3) is 0.238. The lowest BCUT2D eigenvalue weighted by Crippen LogP contribution is -2.33. The smallest absolute Gasteiger partial charge is 0.257 e. The standard InChI is InChI=1S/C21H21N5O3S/c1-29-16-7-5-6-13-18(16)22-12-14(19(13)27)21(28)23-15(9-11-30-2)20-25-24-17-8-3-4-10-26(17)20/h3-8,10,12,15H,9,11H2,1-2H3,(H,22,27)(H,23,28)/t15-/m1/s1. The van der Waals surface area contributed by atoms with Gasteiger partial charge in [0.25, 0.3) is 5.91 Å². The Labute approximate surface area is 176 Å². The summed E-state index contributed by atoms with van der Waals surface area (Å²) in [4.78, 5) is 29.0. The highest BCUT2D eigenvalue weighted by molar-refractivity contribution is 7.98. The number of nitrogens with zero attached hydrogens (tertiary/aromatic N) is 3. The number of amides is 1. The predicted octanol–water partition coefficient (Wildman–Crippen LogP) is 2.80. The van der Waals surface area contributed by atoms with Crippen LogP contribution < -0.4 is 15.5 Å². The van der Waals surface area contributed by atoms with Crippen molar-refractivity contribution in [2.75, 3.05) is 19.1 Å². The summed E-state index contributed by atoms with van der Waals surface area (Å²) in [7, 11) is 1.53. The number of ether oxygens (including phenoxy) is 1. The highest BCUT2D eigenvalue weighted by Gasteiger charge is 2.23. The third-order valence-corrected chi connectivity index (χ3v) is 5.55. The lowest BCUT2D eigenvalue weighted by molar-refractivity contribution is 0.0932. The molecule has 9 heteroatoms. The maximum atomic E-state index is 13.0. The quantitative estimate of drug-likeness (QED) is 0.474. The van der Waals surface area contributed by atoms with Crippen molar-refractivity contribution in [1.29, 1.82) is 0 Å². The SMILES string of the molecule is COc1cccc2c(=O)c(C(=O)N[C@H](CCSC)c3nnc4ccccn34)c[nH]c12. The maximum absolute atomic E-state index is 13.0. The van der Waals surface area contributed by atoms with Gasteiger partial charge in [0.15, 0.2) is 11.5 Å². The normalized spacial score (nSPS) is 12.2. The zero-order valence-corrected chi connectivity index (χ0v) is 17.4. The molecule has 0 saturated carbocycles. The summed E-state index contributed by atoms with van der Waals surface area (Å²) >= 11 is 1.67. The van der Waals surface area contributed by atoms with Crippen LogP contribution in [-0.2, 0) is 0 Å². The van der Waals surface area contributed by atoms with E-state index in [1.807, 2.05) is 35.1 Å². The van der Waals surface area contributed by atoms with Crippen molar-refractivity contribution in [1.82, 2.24) is 24.9 Å². The van der Waals surface area contributed by atoms with E-state index in [1.54, 1.807) is 30.0 Å². The Morgan fingerprint density at radius 2 is 2.13 bits per heavy atom. The van der Waals surface area contributed by atoms with E-state index in [2.05, 4.69) is 20.5 Å². The second-order valence-corrected chi connectivity index (χ2v) is 7.69. The maximum Gasteiger partial charge on any atom is 0.257 e. The summed E-state index contributed by atoms with van der Waals surface area (Å²) in [6, 6.07) is 10.4. The minimum atomic E-state index is -0.459. The number of rotatable bonds is 7. The average Bonchev–Trinajstić information content (AvgIpc) is 3.20.